The SMILES string of the molecule is O=C1CC[C@@H]2CC[C@H](O)[C@H]3C2=CCC[C@H]3C1. The number of rotatable bonds is 0. The minimum absolute atomic E-state index is 0.182. The van der Waals surface area contributed by atoms with E-state index in [4.69, 9.17) is 0 Å². The van der Waals surface area contributed by atoms with E-state index in [1.54, 1.807) is 0 Å². The lowest BCUT2D eigenvalue weighted by atomic mass is 9.62. The molecule has 3 aliphatic carbocycles. The molecule has 88 valence electrons. The Kier molecular flexibility index (Phi) is 2.62. The van der Waals surface area contributed by atoms with Crippen LogP contribution in [0.2, 0.25) is 0 Å². The van der Waals surface area contributed by atoms with E-state index in [2.05, 4.69) is 6.08 Å². The summed E-state index contributed by atoms with van der Waals surface area (Å²) in [6.07, 6.45) is 8.94. The van der Waals surface area contributed by atoms with E-state index in [0.717, 1.165) is 38.5 Å². The van der Waals surface area contributed by atoms with E-state index in [-0.39, 0.29) is 6.10 Å². The number of allylic oxidation sites excluding steroid dienone is 1. The Morgan fingerprint density at radius 2 is 2.06 bits per heavy atom. The highest BCUT2D eigenvalue weighted by Gasteiger charge is 2.41. The van der Waals surface area contributed by atoms with Crippen molar-refractivity contribution < 1.29 is 9.90 Å². The van der Waals surface area contributed by atoms with Crippen molar-refractivity contribution in [2.75, 3.05) is 0 Å². The second-order valence-electron chi connectivity index (χ2n) is 5.69. The van der Waals surface area contributed by atoms with Gasteiger partial charge < -0.3 is 5.11 Å². The van der Waals surface area contributed by atoms with Gasteiger partial charge in [0.05, 0.1) is 6.10 Å². The van der Waals surface area contributed by atoms with Crippen LogP contribution < -0.4 is 0 Å². The lowest BCUT2D eigenvalue weighted by Gasteiger charge is -2.44. The van der Waals surface area contributed by atoms with Crippen molar-refractivity contribution in [1.82, 2.24) is 0 Å². The molecular weight excluding hydrogens is 200 g/mol. The van der Waals surface area contributed by atoms with Crippen molar-refractivity contribution >= 4 is 5.78 Å². The summed E-state index contributed by atoms with van der Waals surface area (Å²) in [7, 11) is 0. The first-order valence-electron chi connectivity index (χ1n) is 6.65. The molecule has 4 atom stereocenters. The fraction of sp³-hybridized carbons (Fsp3) is 0.786. The first kappa shape index (κ1) is 10.5. The summed E-state index contributed by atoms with van der Waals surface area (Å²) in [4.78, 5) is 11.8. The zero-order valence-corrected chi connectivity index (χ0v) is 9.69. The number of Topliss-reactive ketones (excluding diaryl/α,β-unsaturated/α-hetero) is 1. The molecule has 3 aliphatic rings. The Labute approximate surface area is 96.7 Å². The first-order valence-corrected chi connectivity index (χ1v) is 6.65. The van der Waals surface area contributed by atoms with Gasteiger partial charge in [-0.25, -0.2) is 0 Å². The second kappa shape index (κ2) is 3.99. The molecule has 1 N–H and O–H groups in total. The van der Waals surface area contributed by atoms with Gasteiger partial charge >= 0.3 is 0 Å². The zero-order chi connectivity index (χ0) is 11.1. The van der Waals surface area contributed by atoms with Gasteiger partial charge in [0.1, 0.15) is 5.78 Å². The molecule has 0 aromatic heterocycles. The van der Waals surface area contributed by atoms with Crippen molar-refractivity contribution in [2.45, 2.75) is 51.0 Å². The van der Waals surface area contributed by atoms with Crippen LogP contribution >= 0.6 is 0 Å². The Bertz CT molecular complexity index is 332. The van der Waals surface area contributed by atoms with Gasteiger partial charge in [-0.15, -0.1) is 0 Å². The molecule has 0 heterocycles. The van der Waals surface area contributed by atoms with Gasteiger partial charge in [-0.2, -0.15) is 0 Å². The van der Waals surface area contributed by atoms with E-state index in [1.165, 1.54) is 5.57 Å². The van der Waals surface area contributed by atoms with Crippen LogP contribution in [0.15, 0.2) is 11.6 Å². The van der Waals surface area contributed by atoms with E-state index in [0.29, 0.717) is 30.0 Å². The minimum Gasteiger partial charge on any atom is -0.392 e. The van der Waals surface area contributed by atoms with Gasteiger partial charge in [0, 0.05) is 18.8 Å². The van der Waals surface area contributed by atoms with Crippen LogP contribution in [0, 0.1) is 17.8 Å². The molecule has 0 amide bonds. The molecule has 0 aromatic carbocycles. The van der Waals surface area contributed by atoms with Crippen LogP contribution in [0.4, 0.5) is 0 Å². The van der Waals surface area contributed by atoms with Crippen LogP contribution in [-0.2, 0) is 4.79 Å². The topological polar surface area (TPSA) is 37.3 Å². The van der Waals surface area contributed by atoms with Crippen molar-refractivity contribution in [3.63, 3.8) is 0 Å². The summed E-state index contributed by atoms with van der Waals surface area (Å²) in [5.74, 6) is 1.78. The molecule has 16 heavy (non-hydrogen) atoms. The maximum atomic E-state index is 11.8. The molecule has 0 spiro atoms. The van der Waals surface area contributed by atoms with Gasteiger partial charge in [0.15, 0.2) is 0 Å². The molecule has 2 fully saturated rings. The molecule has 3 rings (SSSR count). The highest BCUT2D eigenvalue weighted by atomic mass is 16.3. The van der Waals surface area contributed by atoms with Crippen LogP contribution in [0.25, 0.3) is 0 Å². The lowest BCUT2D eigenvalue weighted by molar-refractivity contribution is -0.122. The number of carbonyl (C=O) groups excluding carboxylic acids is 1. The highest BCUT2D eigenvalue weighted by Crippen LogP contribution is 2.47. The van der Waals surface area contributed by atoms with E-state index in [9.17, 15) is 9.90 Å². The van der Waals surface area contributed by atoms with E-state index < -0.39 is 0 Å². The van der Waals surface area contributed by atoms with Gasteiger partial charge in [-0.1, -0.05) is 11.6 Å². The van der Waals surface area contributed by atoms with Gasteiger partial charge in [-0.05, 0) is 43.9 Å². The summed E-state index contributed by atoms with van der Waals surface area (Å²) in [5.41, 5.74) is 1.50. The summed E-state index contributed by atoms with van der Waals surface area (Å²) in [6.45, 7) is 0. The molecule has 0 aliphatic heterocycles. The third kappa shape index (κ3) is 1.64. The summed E-state index contributed by atoms with van der Waals surface area (Å²) in [6, 6.07) is 0. The monoisotopic (exact) mass is 220 g/mol. The lowest BCUT2D eigenvalue weighted by Crippen LogP contribution is -2.40. The van der Waals surface area contributed by atoms with Gasteiger partial charge in [0.25, 0.3) is 0 Å². The Balaban J connectivity index is 1.96. The predicted octanol–water partition coefficient (Wildman–Crippen LogP) is 2.46. The number of aliphatic hydroxyl groups is 1. The van der Waals surface area contributed by atoms with Crippen molar-refractivity contribution in [1.29, 1.82) is 0 Å². The number of ketones is 1. The van der Waals surface area contributed by atoms with Crippen LogP contribution in [-0.4, -0.2) is 17.0 Å². The van der Waals surface area contributed by atoms with Gasteiger partial charge in [-0.3, -0.25) is 4.79 Å². The molecule has 4 bridgehead atoms. The third-order valence-corrected chi connectivity index (χ3v) is 4.77. The normalized spacial score (nSPS) is 43.3. The first-order chi connectivity index (χ1) is 7.75. The Morgan fingerprint density at radius 1 is 1.19 bits per heavy atom. The number of aliphatic hydroxyl groups excluding tert-OH is 1. The standard InChI is InChI=1S/C14H20O2/c15-11-6-4-9-5-7-13(16)14-10(8-11)2-1-3-12(9)14/h3,9-10,13-14,16H,1-2,4-8H2/t9-,10+,13+,14-/m1/s1. The van der Waals surface area contributed by atoms with E-state index in [1.807, 2.05) is 0 Å². The zero-order valence-electron chi connectivity index (χ0n) is 9.69. The second-order valence-corrected chi connectivity index (χ2v) is 5.69. The maximum Gasteiger partial charge on any atom is 0.133 e. The minimum atomic E-state index is -0.182. The maximum absolute atomic E-state index is 11.8. The average Bonchev–Trinajstić information content (AvgIpc) is 2.28. The number of hydrogen-bond acceptors (Lipinski definition) is 2. The quantitative estimate of drug-likeness (QED) is 0.637. The van der Waals surface area contributed by atoms with Crippen LogP contribution in [0.3, 0.4) is 0 Å². The molecule has 0 aromatic rings. The van der Waals surface area contributed by atoms with Gasteiger partial charge in [0.2, 0.25) is 0 Å². The van der Waals surface area contributed by atoms with Crippen LogP contribution in [0.1, 0.15) is 44.9 Å². The molecule has 0 radical (unpaired) electrons. The summed E-state index contributed by atoms with van der Waals surface area (Å²) in [5, 5.41) is 10.2. The predicted molar refractivity (Wildman–Crippen MR) is 61.9 cm³/mol. The van der Waals surface area contributed by atoms with Crippen molar-refractivity contribution in [2.24, 2.45) is 17.8 Å². The Morgan fingerprint density at radius 3 is 2.94 bits per heavy atom. The average molecular weight is 220 g/mol. The molecule has 2 nitrogen and oxygen atoms in total. The fourth-order valence-corrected chi connectivity index (χ4v) is 4.01. The molecular formula is C14H20O2. The summed E-state index contributed by atoms with van der Waals surface area (Å²) >= 11 is 0. The smallest absolute Gasteiger partial charge is 0.133 e. The fourth-order valence-electron chi connectivity index (χ4n) is 4.01. The molecule has 0 unspecified atom stereocenters. The van der Waals surface area contributed by atoms with E-state index >= 15 is 0 Å². The number of carbonyl (C=O) groups is 1. The number of hydrogen-bond donors (Lipinski definition) is 1. The summed E-state index contributed by atoms with van der Waals surface area (Å²) < 4.78 is 0. The molecule has 2 heteroatoms. The molecule has 2 saturated carbocycles. The highest BCUT2D eigenvalue weighted by molar-refractivity contribution is 5.79. The Hall–Kier alpha value is -0.630. The van der Waals surface area contributed by atoms with Crippen molar-refractivity contribution in [3.8, 4) is 0 Å². The van der Waals surface area contributed by atoms with Crippen LogP contribution in [0.5, 0.6) is 0 Å². The molecule has 0 saturated heterocycles. The largest absolute Gasteiger partial charge is 0.392 e. The third-order valence-electron chi connectivity index (χ3n) is 4.77. The van der Waals surface area contributed by atoms with Crippen molar-refractivity contribution in [3.05, 3.63) is 11.6 Å².